The fraction of sp³-hybridized carbons (Fsp3) is 0.385. The molecule has 2 rings (SSSR count). The van der Waals surface area contributed by atoms with E-state index in [1.165, 1.54) is 24.3 Å². The van der Waals surface area contributed by atoms with Gasteiger partial charge in [-0.2, -0.15) is 16.8 Å². The lowest BCUT2D eigenvalue weighted by Crippen LogP contribution is -2.42. The summed E-state index contributed by atoms with van der Waals surface area (Å²) in [5.41, 5.74) is 1.16. The Hall–Kier alpha value is -4.46. The number of carboxylic acid groups (broad SMARTS) is 2. The van der Waals surface area contributed by atoms with E-state index in [9.17, 15) is 36.0 Å². The minimum atomic E-state index is -3.74. The smallest absolute Gasteiger partial charge is 0.413 e. The number of hydrogen-bond donors (Lipinski definition) is 4. The minimum absolute atomic E-state index is 0.000324. The van der Waals surface area contributed by atoms with Crippen LogP contribution in [-0.2, 0) is 49.5 Å². The molecule has 0 fully saturated rings. The number of aliphatic carboxylic acids is 2. The number of amides is 2. The Kier molecular flexibility index (Phi) is 14.0. The highest BCUT2D eigenvalue weighted by Gasteiger charge is 2.22. The van der Waals surface area contributed by atoms with Gasteiger partial charge in [-0.15, -0.1) is 0 Å². The number of nitrogens with one attached hydrogen (secondary N) is 2. The first-order valence-electron chi connectivity index (χ1n) is 13.0. The first-order valence-corrected chi connectivity index (χ1v) is 16.6. The summed E-state index contributed by atoms with van der Waals surface area (Å²) in [5, 5.41) is 22.5. The molecule has 17 nitrogen and oxygen atoms in total. The summed E-state index contributed by atoms with van der Waals surface area (Å²) in [5.74, 6) is -2.60. The monoisotopic (exact) mass is 675 g/mol. The number of rotatable bonds is 18. The molecule has 248 valence electrons. The molecule has 2 amide bonds. The van der Waals surface area contributed by atoms with Crippen molar-refractivity contribution in [2.75, 3.05) is 49.0 Å². The molecular formula is C26H33N3O14S2. The van der Waals surface area contributed by atoms with Gasteiger partial charge in [0.05, 0.1) is 37.1 Å². The molecule has 0 saturated heterocycles. The Balaban J connectivity index is 1.99. The van der Waals surface area contributed by atoms with Crippen molar-refractivity contribution >= 4 is 55.7 Å². The van der Waals surface area contributed by atoms with Gasteiger partial charge in [0.25, 0.3) is 20.2 Å². The van der Waals surface area contributed by atoms with Gasteiger partial charge in [0.15, 0.2) is 0 Å². The topological polar surface area (TPSA) is 241 Å². The number of carbonyl (C=O) groups is 4. The molecule has 0 aromatic heterocycles. The molecule has 0 bridgehead atoms. The second-order valence-corrected chi connectivity index (χ2v) is 12.5. The molecule has 19 heteroatoms. The Morgan fingerprint density at radius 3 is 1.96 bits per heavy atom. The SMILES string of the molecule is CS(=O)(=O)OCCN(CCOS(C)(=O)=O)c1ccccc1NC(=O)OCc1ccc(OC(=O)N[C@@H](CCC(=O)O)C(=O)O)cc1. The van der Waals surface area contributed by atoms with E-state index < -0.39 is 56.8 Å². The summed E-state index contributed by atoms with van der Waals surface area (Å²) in [6.45, 7) is -0.727. The van der Waals surface area contributed by atoms with Crippen LogP contribution in [0.4, 0.5) is 21.0 Å². The molecule has 4 N–H and O–H groups in total. The minimum Gasteiger partial charge on any atom is -0.481 e. The van der Waals surface area contributed by atoms with E-state index in [4.69, 9.17) is 28.1 Å². The average Bonchev–Trinajstić information content (AvgIpc) is 2.93. The van der Waals surface area contributed by atoms with Crippen molar-refractivity contribution in [1.82, 2.24) is 5.32 Å². The Labute approximate surface area is 259 Å². The predicted molar refractivity (Wildman–Crippen MR) is 158 cm³/mol. The van der Waals surface area contributed by atoms with Crippen molar-refractivity contribution in [2.45, 2.75) is 25.5 Å². The van der Waals surface area contributed by atoms with E-state index in [1.54, 1.807) is 29.2 Å². The summed E-state index contributed by atoms with van der Waals surface area (Å²) in [6.07, 6.45) is -0.995. The van der Waals surface area contributed by atoms with Gasteiger partial charge >= 0.3 is 24.1 Å². The highest BCUT2D eigenvalue weighted by molar-refractivity contribution is 7.86. The van der Waals surface area contributed by atoms with Crippen LogP contribution in [0.2, 0.25) is 0 Å². The van der Waals surface area contributed by atoms with E-state index in [0.29, 0.717) is 11.3 Å². The Morgan fingerprint density at radius 1 is 0.844 bits per heavy atom. The number of hydrogen-bond acceptors (Lipinski definition) is 13. The maximum absolute atomic E-state index is 12.6. The van der Waals surface area contributed by atoms with Crippen molar-refractivity contribution < 1.29 is 64.1 Å². The van der Waals surface area contributed by atoms with Gasteiger partial charge in [-0.25, -0.2) is 14.4 Å². The van der Waals surface area contributed by atoms with E-state index in [1.807, 2.05) is 0 Å². The van der Waals surface area contributed by atoms with Crippen LogP contribution >= 0.6 is 0 Å². The van der Waals surface area contributed by atoms with Crippen LogP contribution < -0.4 is 20.3 Å². The lowest BCUT2D eigenvalue weighted by molar-refractivity contribution is -0.140. The summed E-state index contributed by atoms with van der Waals surface area (Å²) in [7, 11) is -7.48. The molecule has 45 heavy (non-hydrogen) atoms. The highest BCUT2D eigenvalue weighted by Crippen LogP contribution is 2.26. The molecule has 0 radical (unpaired) electrons. The summed E-state index contributed by atoms with van der Waals surface area (Å²) >= 11 is 0. The molecule has 0 saturated carbocycles. The van der Waals surface area contributed by atoms with E-state index in [2.05, 4.69) is 10.6 Å². The fourth-order valence-electron chi connectivity index (χ4n) is 3.56. The largest absolute Gasteiger partial charge is 0.481 e. The van der Waals surface area contributed by atoms with Gasteiger partial charge < -0.3 is 29.9 Å². The number of nitrogens with zero attached hydrogens (tertiary/aromatic N) is 1. The van der Waals surface area contributed by atoms with Crippen LogP contribution in [0, 0.1) is 0 Å². The molecule has 0 heterocycles. The first kappa shape index (κ1) is 36.7. The summed E-state index contributed by atoms with van der Waals surface area (Å²) < 4.78 is 65.4. The van der Waals surface area contributed by atoms with Crippen molar-refractivity contribution in [3.8, 4) is 5.75 Å². The van der Waals surface area contributed by atoms with E-state index in [0.717, 1.165) is 12.5 Å². The number of carboxylic acids is 2. The van der Waals surface area contributed by atoms with Crippen LogP contribution in [0.3, 0.4) is 0 Å². The van der Waals surface area contributed by atoms with Gasteiger partial charge in [0, 0.05) is 19.5 Å². The van der Waals surface area contributed by atoms with Gasteiger partial charge in [0.1, 0.15) is 18.4 Å². The normalized spacial score (nSPS) is 12.0. The van der Waals surface area contributed by atoms with Crippen LogP contribution in [-0.4, -0.2) is 96.0 Å². The van der Waals surface area contributed by atoms with Gasteiger partial charge in [-0.05, 0) is 36.2 Å². The molecule has 0 aliphatic rings. The first-order chi connectivity index (χ1) is 21.0. The molecule has 2 aromatic carbocycles. The molecule has 2 aromatic rings. The Morgan fingerprint density at radius 2 is 1.42 bits per heavy atom. The zero-order valence-electron chi connectivity index (χ0n) is 24.2. The molecule has 0 aliphatic heterocycles. The highest BCUT2D eigenvalue weighted by atomic mass is 32.2. The zero-order chi connectivity index (χ0) is 33.6. The number of ether oxygens (including phenoxy) is 2. The van der Waals surface area contributed by atoms with Crippen LogP contribution in [0.1, 0.15) is 18.4 Å². The maximum Gasteiger partial charge on any atom is 0.413 e. The summed E-state index contributed by atoms with van der Waals surface area (Å²) in [4.78, 5) is 48.1. The number of benzene rings is 2. The van der Waals surface area contributed by atoms with Crippen molar-refractivity contribution in [1.29, 1.82) is 0 Å². The van der Waals surface area contributed by atoms with Crippen LogP contribution in [0.25, 0.3) is 0 Å². The molecular weight excluding hydrogens is 642 g/mol. The standard InChI is InChI=1S/C26H33N3O14S2/c1-44(36,37)41-15-13-29(14-16-42-45(2,38)39)22-6-4-3-5-20(22)27-25(34)40-17-18-7-9-19(10-8-18)43-26(35)28-21(24(32)33)11-12-23(30)31/h3-10,21H,11-17H2,1-2H3,(H,27,34)(H,28,35)(H,30,31)(H,32,33)/t21-/m0/s1. The zero-order valence-corrected chi connectivity index (χ0v) is 25.8. The van der Waals surface area contributed by atoms with E-state index >= 15 is 0 Å². The van der Waals surface area contributed by atoms with Crippen molar-refractivity contribution in [2.24, 2.45) is 0 Å². The predicted octanol–water partition coefficient (Wildman–Crippen LogP) is 1.60. The number of anilines is 2. The second-order valence-electron chi connectivity index (χ2n) is 9.26. The number of carbonyl (C=O) groups excluding carboxylic acids is 2. The van der Waals surface area contributed by atoms with Gasteiger partial charge in [-0.1, -0.05) is 24.3 Å². The maximum atomic E-state index is 12.6. The van der Waals surface area contributed by atoms with Gasteiger partial charge in [-0.3, -0.25) is 18.5 Å². The molecule has 1 atom stereocenters. The summed E-state index contributed by atoms with van der Waals surface area (Å²) in [6, 6.07) is 10.7. The average molecular weight is 676 g/mol. The molecule has 0 aliphatic carbocycles. The Bertz CT molecular complexity index is 1510. The van der Waals surface area contributed by atoms with E-state index in [-0.39, 0.29) is 50.8 Å². The molecule has 0 spiro atoms. The second kappa shape index (κ2) is 17.1. The van der Waals surface area contributed by atoms with Crippen molar-refractivity contribution in [3.05, 3.63) is 54.1 Å². The third kappa shape index (κ3) is 15.2. The fourth-order valence-corrected chi connectivity index (χ4v) is 4.31. The third-order valence-corrected chi connectivity index (χ3v) is 6.73. The lowest BCUT2D eigenvalue weighted by atomic mass is 10.1. The van der Waals surface area contributed by atoms with Gasteiger partial charge in [0.2, 0.25) is 0 Å². The number of para-hydroxylation sites is 2. The van der Waals surface area contributed by atoms with Crippen LogP contribution in [0.5, 0.6) is 5.75 Å². The van der Waals surface area contributed by atoms with Crippen molar-refractivity contribution in [3.63, 3.8) is 0 Å². The third-order valence-electron chi connectivity index (χ3n) is 5.54. The molecule has 0 unspecified atom stereocenters. The lowest BCUT2D eigenvalue weighted by Gasteiger charge is -2.26. The van der Waals surface area contributed by atoms with Crippen LogP contribution in [0.15, 0.2) is 48.5 Å². The quantitative estimate of drug-likeness (QED) is 0.164.